The van der Waals surface area contributed by atoms with Crippen LogP contribution in [0.2, 0.25) is 0 Å². The van der Waals surface area contributed by atoms with Crippen LogP contribution in [0.15, 0.2) is 12.7 Å². The van der Waals surface area contributed by atoms with Crippen molar-refractivity contribution < 1.29 is 0 Å². The first-order valence-corrected chi connectivity index (χ1v) is 8.39. The third-order valence-electron chi connectivity index (χ3n) is 3.85. The molecule has 0 saturated heterocycles. The van der Waals surface area contributed by atoms with Crippen molar-refractivity contribution in [2.45, 2.75) is 76.7 Å². The molecule has 1 aliphatic carbocycles. The van der Waals surface area contributed by atoms with Crippen molar-refractivity contribution in [3.8, 4) is 0 Å². The minimum atomic E-state index is 0.559. The SMILES string of the molecule is C=CCNC(=S)NC1CCCCCCCCCCC1. The molecule has 0 bridgehead atoms. The van der Waals surface area contributed by atoms with Gasteiger partial charge in [-0.1, -0.05) is 63.9 Å². The molecule has 110 valence electrons. The van der Waals surface area contributed by atoms with E-state index >= 15 is 0 Å². The van der Waals surface area contributed by atoms with E-state index in [1.54, 1.807) is 0 Å². The minimum absolute atomic E-state index is 0.559. The molecule has 19 heavy (non-hydrogen) atoms. The normalized spacial score (nSPS) is 19.8. The first-order valence-electron chi connectivity index (χ1n) is 7.98. The average Bonchev–Trinajstić information content (AvgIpc) is 2.39. The molecule has 3 heteroatoms. The highest BCUT2D eigenvalue weighted by molar-refractivity contribution is 7.80. The summed E-state index contributed by atoms with van der Waals surface area (Å²) in [5, 5.41) is 7.44. The van der Waals surface area contributed by atoms with Gasteiger partial charge in [-0.25, -0.2) is 0 Å². The number of thiocarbonyl (C=S) groups is 1. The molecule has 0 radical (unpaired) electrons. The summed E-state index contributed by atoms with van der Waals surface area (Å²) in [6, 6.07) is 0.559. The van der Waals surface area contributed by atoms with Gasteiger partial charge in [0.05, 0.1) is 0 Å². The van der Waals surface area contributed by atoms with Gasteiger partial charge in [0.1, 0.15) is 0 Å². The van der Waals surface area contributed by atoms with E-state index in [1.807, 2.05) is 6.08 Å². The molecule has 0 amide bonds. The monoisotopic (exact) mass is 282 g/mol. The van der Waals surface area contributed by atoms with Crippen LogP contribution in [-0.2, 0) is 0 Å². The van der Waals surface area contributed by atoms with Crippen LogP contribution < -0.4 is 10.6 Å². The highest BCUT2D eigenvalue weighted by atomic mass is 32.1. The van der Waals surface area contributed by atoms with Crippen molar-refractivity contribution in [3.05, 3.63) is 12.7 Å². The molecule has 1 rings (SSSR count). The summed E-state index contributed by atoms with van der Waals surface area (Å²) in [5.41, 5.74) is 0. The number of hydrogen-bond donors (Lipinski definition) is 2. The van der Waals surface area contributed by atoms with Crippen molar-refractivity contribution in [1.82, 2.24) is 10.6 Å². The molecule has 0 spiro atoms. The predicted molar refractivity (Wildman–Crippen MR) is 88.5 cm³/mol. The van der Waals surface area contributed by atoms with Gasteiger partial charge in [-0.15, -0.1) is 6.58 Å². The lowest BCUT2D eigenvalue weighted by Gasteiger charge is -2.21. The maximum atomic E-state index is 5.32. The summed E-state index contributed by atoms with van der Waals surface area (Å²) in [5.74, 6) is 0. The van der Waals surface area contributed by atoms with E-state index < -0.39 is 0 Å². The van der Waals surface area contributed by atoms with E-state index in [1.165, 1.54) is 70.6 Å². The van der Waals surface area contributed by atoms with E-state index in [-0.39, 0.29) is 0 Å². The minimum Gasteiger partial charge on any atom is -0.360 e. The average molecular weight is 282 g/mol. The number of nitrogens with one attached hydrogen (secondary N) is 2. The summed E-state index contributed by atoms with van der Waals surface area (Å²) < 4.78 is 0. The number of hydrogen-bond acceptors (Lipinski definition) is 1. The van der Waals surface area contributed by atoms with Crippen LogP contribution in [0.3, 0.4) is 0 Å². The summed E-state index contributed by atoms with van der Waals surface area (Å²) in [6.07, 6.45) is 16.9. The fraction of sp³-hybridized carbons (Fsp3) is 0.812. The molecule has 0 aromatic carbocycles. The van der Waals surface area contributed by atoms with Crippen molar-refractivity contribution >= 4 is 17.3 Å². The Morgan fingerprint density at radius 2 is 1.42 bits per heavy atom. The van der Waals surface area contributed by atoms with E-state index in [2.05, 4.69) is 17.2 Å². The zero-order valence-electron chi connectivity index (χ0n) is 12.3. The van der Waals surface area contributed by atoms with Crippen molar-refractivity contribution in [3.63, 3.8) is 0 Å². The zero-order valence-corrected chi connectivity index (χ0v) is 13.1. The molecule has 0 atom stereocenters. The highest BCUT2D eigenvalue weighted by Gasteiger charge is 2.10. The predicted octanol–water partition coefficient (Wildman–Crippen LogP) is 4.31. The Bertz CT molecular complexity index is 241. The molecule has 1 saturated carbocycles. The van der Waals surface area contributed by atoms with Gasteiger partial charge < -0.3 is 10.6 Å². The summed E-state index contributed by atoms with van der Waals surface area (Å²) >= 11 is 5.32. The van der Waals surface area contributed by atoms with Gasteiger partial charge in [0, 0.05) is 12.6 Å². The Balaban J connectivity index is 2.29. The van der Waals surface area contributed by atoms with E-state index in [9.17, 15) is 0 Å². The van der Waals surface area contributed by atoms with E-state index in [0.29, 0.717) is 6.04 Å². The van der Waals surface area contributed by atoms with Crippen LogP contribution in [0.25, 0.3) is 0 Å². The lowest BCUT2D eigenvalue weighted by atomic mass is 9.98. The zero-order chi connectivity index (χ0) is 13.8. The van der Waals surface area contributed by atoms with Crippen molar-refractivity contribution in [2.75, 3.05) is 6.54 Å². The van der Waals surface area contributed by atoms with Crippen LogP contribution in [-0.4, -0.2) is 17.7 Å². The van der Waals surface area contributed by atoms with E-state index in [4.69, 9.17) is 12.2 Å². The van der Waals surface area contributed by atoms with Gasteiger partial charge in [-0.3, -0.25) is 0 Å². The van der Waals surface area contributed by atoms with Gasteiger partial charge >= 0.3 is 0 Å². The molecule has 2 nitrogen and oxygen atoms in total. The molecule has 0 aromatic rings. The van der Waals surface area contributed by atoms with Crippen molar-refractivity contribution in [2.24, 2.45) is 0 Å². The van der Waals surface area contributed by atoms with Crippen LogP contribution in [0.1, 0.15) is 70.6 Å². The molecule has 0 aromatic heterocycles. The Morgan fingerprint density at radius 3 is 1.89 bits per heavy atom. The second-order valence-electron chi connectivity index (χ2n) is 5.60. The third-order valence-corrected chi connectivity index (χ3v) is 4.11. The molecule has 0 heterocycles. The molecular formula is C16H30N2S. The highest BCUT2D eigenvalue weighted by Crippen LogP contribution is 2.16. The summed E-state index contributed by atoms with van der Waals surface area (Å²) in [4.78, 5) is 0. The quantitative estimate of drug-likeness (QED) is 0.596. The summed E-state index contributed by atoms with van der Waals surface area (Å²) in [7, 11) is 0. The largest absolute Gasteiger partial charge is 0.360 e. The van der Waals surface area contributed by atoms with Gasteiger partial charge in [-0.05, 0) is 25.1 Å². The molecule has 0 unspecified atom stereocenters. The van der Waals surface area contributed by atoms with Crippen LogP contribution >= 0.6 is 12.2 Å². The smallest absolute Gasteiger partial charge is 0.166 e. The second kappa shape index (κ2) is 11.3. The Labute approximate surface area is 124 Å². The van der Waals surface area contributed by atoms with Crippen LogP contribution in [0.5, 0.6) is 0 Å². The molecule has 1 fully saturated rings. The second-order valence-corrected chi connectivity index (χ2v) is 6.01. The van der Waals surface area contributed by atoms with Crippen molar-refractivity contribution in [1.29, 1.82) is 0 Å². The molecule has 1 aliphatic rings. The van der Waals surface area contributed by atoms with Gasteiger partial charge in [0.2, 0.25) is 0 Å². The molecule has 0 aliphatic heterocycles. The van der Waals surface area contributed by atoms with Gasteiger partial charge in [-0.2, -0.15) is 0 Å². The lowest BCUT2D eigenvalue weighted by molar-refractivity contribution is 0.441. The molecular weight excluding hydrogens is 252 g/mol. The summed E-state index contributed by atoms with van der Waals surface area (Å²) in [6.45, 7) is 4.45. The van der Waals surface area contributed by atoms with Crippen LogP contribution in [0, 0.1) is 0 Å². The number of rotatable bonds is 3. The van der Waals surface area contributed by atoms with Gasteiger partial charge in [0.25, 0.3) is 0 Å². The standard InChI is InChI=1S/C16H30N2S/c1-2-14-17-16(19)18-15-12-10-8-6-4-3-5-7-9-11-13-15/h2,15H,1,3-14H2,(H2,17,18,19). The first-order chi connectivity index (χ1) is 9.33. The Kier molecular flexibility index (Phi) is 9.78. The topological polar surface area (TPSA) is 24.1 Å². The maximum Gasteiger partial charge on any atom is 0.166 e. The maximum absolute atomic E-state index is 5.32. The van der Waals surface area contributed by atoms with E-state index in [0.717, 1.165) is 11.7 Å². The Hall–Kier alpha value is -0.570. The first kappa shape index (κ1) is 16.5. The van der Waals surface area contributed by atoms with Gasteiger partial charge in [0.15, 0.2) is 5.11 Å². The lowest BCUT2D eigenvalue weighted by Crippen LogP contribution is -2.42. The fourth-order valence-corrected chi connectivity index (χ4v) is 2.96. The third kappa shape index (κ3) is 9.04. The molecule has 2 N–H and O–H groups in total. The Morgan fingerprint density at radius 1 is 0.947 bits per heavy atom. The fourth-order valence-electron chi connectivity index (χ4n) is 2.71. The van der Waals surface area contributed by atoms with Crippen LogP contribution in [0.4, 0.5) is 0 Å².